The summed E-state index contributed by atoms with van der Waals surface area (Å²) >= 11 is 0. The quantitative estimate of drug-likeness (QED) is 0.566. The van der Waals surface area contributed by atoms with Gasteiger partial charge in [-0.05, 0) is 30.7 Å². The van der Waals surface area contributed by atoms with E-state index >= 15 is 0 Å². The van der Waals surface area contributed by atoms with Gasteiger partial charge in [0.15, 0.2) is 0 Å². The van der Waals surface area contributed by atoms with Gasteiger partial charge in [0.05, 0.1) is 23.2 Å². The molecule has 1 heterocycles. The van der Waals surface area contributed by atoms with E-state index in [1.807, 2.05) is 0 Å². The van der Waals surface area contributed by atoms with Crippen molar-refractivity contribution in [2.75, 3.05) is 20.1 Å². The number of rotatable bonds is 6. The first-order chi connectivity index (χ1) is 14.5. The highest BCUT2D eigenvalue weighted by Crippen LogP contribution is 2.22. The molecule has 1 aliphatic heterocycles. The van der Waals surface area contributed by atoms with E-state index in [1.165, 1.54) is 4.90 Å². The van der Waals surface area contributed by atoms with Gasteiger partial charge in [0.1, 0.15) is 0 Å². The van der Waals surface area contributed by atoms with Crippen LogP contribution in [0.1, 0.15) is 49.5 Å². The summed E-state index contributed by atoms with van der Waals surface area (Å²) in [6.45, 7) is 0.318. The predicted octanol–water partition coefficient (Wildman–Crippen LogP) is 1.59. The lowest BCUT2D eigenvalue weighted by Gasteiger charge is -2.13. The highest BCUT2D eigenvalue weighted by atomic mass is 16.2. The van der Waals surface area contributed by atoms with Gasteiger partial charge in [0.2, 0.25) is 5.91 Å². The van der Waals surface area contributed by atoms with Crippen molar-refractivity contribution in [1.29, 1.82) is 0 Å². The lowest BCUT2D eigenvalue weighted by molar-refractivity contribution is -0.121. The molecule has 2 aromatic carbocycles. The van der Waals surface area contributed by atoms with Crippen LogP contribution in [0.5, 0.6) is 0 Å². The fraction of sp³-hybridized carbons (Fsp3) is 0.217. The average Bonchev–Trinajstić information content (AvgIpc) is 3.01. The molecule has 0 fully saturated rings. The molecule has 0 unspecified atom stereocenters. The standard InChI is InChI=1S/C23H21N3O4/c1-24-21(28)17-10-3-2-8-16(17)9-6-14-25-20(27)13-7-15-26-22(29)18-11-4-5-12-19(18)23(26)30/h2-5,8,10-12H,7,13-15H2,1H3,(H,24,28)(H,25,27). The molecule has 0 aliphatic carbocycles. The maximum absolute atomic E-state index is 12.3. The van der Waals surface area contributed by atoms with Gasteiger partial charge in [-0.3, -0.25) is 24.1 Å². The Kier molecular flexibility index (Phi) is 6.60. The van der Waals surface area contributed by atoms with Crippen molar-refractivity contribution in [1.82, 2.24) is 15.5 Å². The molecule has 30 heavy (non-hydrogen) atoms. The summed E-state index contributed by atoms with van der Waals surface area (Å²) in [6, 6.07) is 13.7. The summed E-state index contributed by atoms with van der Waals surface area (Å²) < 4.78 is 0. The van der Waals surface area contributed by atoms with E-state index < -0.39 is 0 Å². The normalized spacial score (nSPS) is 12.1. The minimum absolute atomic E-state index is 0.133. The van der Waals surface area contributed by atoms with Crippen molar-refractivity contribution < 1.29 is 19.2 Å². The van der Waals surface area contributed by atoms with Crippen molar-refractivity contribution >= 4 is 23.6 Å². The van der Waals surface area contributed by atoms with Crippen LogP contribution in [0.2, 0.25) is 0 Å². The highest BCUT2D eigenvalue weighted by Gasteiger charge is 2.34. The highest BCUT2D eigenvalue weighted by molar-refractivity contribution is 6.21. The van der Waals surface area contributed by atoms with Crippen molar-refractivity contribution in [3.8, 4) is 11.8 Å². The van der Waals surface area contributed by atoms with Crippen LogP contribution >= 0.6 is 0 Å². The number of carbonyl (C=O) groups excluding carboxylic acids is 4. The molecule has 0 aromatic heterocycles. The van der Waals surface area contributed by atoms with Gasteiger partial charge in [0.25, 0.3) is 17.7 Å². The van der Waals surface area contributed by atoms with E-state index in [9.17, 15) is 19.2 Å². The third-order valence-electron chi connectivity index (χ3n) is 4.66. The number of carbonyl (C=O) groups is 4. The summed E-state index contributed by atoms with van der Waals surface area (Å²) in [4.78, 5) is 49.6. The third kappa shape index (κ3) is 4.55. The van der Waals surface area contributed by atoms with Crippen molar-refractivity contribution in [3.63, 3.8) is 0 Å². The van der Waals surface area contributed by atoms with E-state index in [0.717, 1.165) is 0 Å². The number of fused-ring (bicyclic) bond motifs is 1. The fourth-order valence-corrected chi connectivity index (χ4v) is 3.14. The molecule has 0 atom stereocenters. The average molecular weight is 403 g/mol. The zero-order valence-corrected chi connectivity index (χ0v) is 16.5. The Bertz CT molecular complexity index is 1030. The monoisotopic (exact) mass is 403 g/mol. The number of hydrogen-bond acceptors (Lipinski definition) is 4. The molecule has 2 N–H and O–H groups in total. The molecular formula is C23H21N3O4. The van der Waals surface area contributed by atoms with E-state index in [4.69, 9.17) is 0 Å². The number of nitrogens with zero attached hydrogens (tertiary/aromatic N) is 1. The molecule has 7 heteroatoms. The number of benzene rings is 2. The number of imide groups is 1. The molecule has 7 nitrogen and oxygen atoms in total. The van der Waals surface area contributed by atoms with Crippen LogP contribution in [0, 0.1) is 11.8 Å². The molecule has 2 aromatic rings. The smallest absolute Gasteiger partial charge is 0.261 e. The van der Waals surface area contributed by atoms with Gasteiger partial charge in [-0.15, -0.1) is 0 Å². The lowest BCUT2D eigenvalue weighted by atomic mass is 10.1. The molecule has 0 radical (unpaired) electrons. The van der Waals surface area contributed by atoms with Crippen LogP contribution in [0.25, 0.3) is 0 Å². The topological polar surface area (TPSA) is 95.6 Å². The zero-order valence-electron chi connectivity index (χ0n) is 16.5. The van der Waals surface area contributed by atoms with Crippen LogP contribution < -0.4 is 10.6 Å². The number of amides is 4. The Morgan fingerprint density at radius 1 is 0.967 bits per heavy atom. The fourth-order valence-electron chi connectivity index (χ4n) is 3.14. The predicted molar refractivity (Wildman–Crippen MR) is 111 cm³/mol. The Balaban J connectivity index is 1.45. The summed E-state index contributed by atoms with van der Waals surface area (Å²) in [5.74, 6) is 4.62. The zero-order chi connectivity index (χ0) is 21.5. The summed E-state index contributed by atoms with van der Waals surface area (Å²) in [7, 11) is 1.55. The number of nitrogens with one attached hydrogen (secondary N) is 2. The first-order valence-electron chi connectivity index (χ1n) is 9.55. The molecule has 3 rings (SSSR count). The van der Waals surface area contributed by atoms with Gasteiger partial charge < -0.3 is 10.6 Å². The summed E-state index contributed by atoms with van der Waals surface area (Å²) in [5, 5.41) is 5.24. The van der Waals surface area contributed by atoms with E-state index in [1.54, 1.807) is 55.6 Å². The second-order valence-corrected chi connectivity index (χ2v) is 6.61. The van der Waals surface area contributed by atoms with Crippen LogP contribution in [0.3, 0.4) is 0 Å². The molecule has 0 saturated heterocycles. The number of hydrogen-bond donors (Lipinski definition) is 2. The second-order valence-electron chi connectivity index (χ2n) is 6.61. The minimum Gasteiger partial charge on any atom is -0.355 e. The van der Waals surface area contributed by atoms with E-state index in [-0.39, 0.29) is 43.1 Å². The van der Waals surface area contributed by atoms with E-state index in [0.29, 0.717) is 28.7 Å². The van der Waals surface area contributed by atoms with Crippen LogP contribution in [0.15, 0.2) is 48.5 Å². The first kappa shape index (κ1) is 20.8. The first-order valence-corrected chi connectivity index (χ1v) is 9.55. The molecule has 1 aliphatic rings. The molecule has 0 saturated carbocycles. The van der Waals surface area contributed by atoms with Crippen LogP contribution in [-0.4, -0.2) is 48.7 Å². The second kappa shape index (κ2) is 9.52. The molecule has 0 bridgehead atoms. The minimum atomic E-state index is -0.323. The van der Waals surface area contributed by atoms with Gasteiger partial charge in [-0.25, -0.2) is 0 Å². The van der Waals surface area contributed by atoms with Crippen LogP contribution in [0.4, 0.5) is 0 Å². The molecule has 0 spiro atoms. The van der Waals surface area contributed by atoms with Crippen LogP contribution in [-0.2, 0) is 4.79 Å². The van der Waals surface area contributed by atoms with Gasteiger partial charge in [-0.2, -0.15) is 0 Å². The van der Waals surface area contributed by atoms with Gasteiger partial charge in [0, 0.05) is 25.6 Å². The third-order valence-corrected chi connectivity index (χ3v) is 4.66. The Morgan fingerprint density at radius 2 is 1.60 bits per heavy atom. The maximum atomic E-state index is 12.3. The SMILES string of the molecule is CNC(=O)c1ccccc1C#CCNC(=O)CCCN1C(=O)c2ccccc2C1=O. The van der Waals surface area contributed by atoms with E-state index in [2.05, 4.69) is 22.5 Å². The van der Waals surface area contributed by atoms with Crippen molar-refractivity contribution in [3.05, 3.63) is 70.8 Å². The molecular weight excluding hydrogens is 382 g/mol. The van der Waals surface area contributed by atoms with Gasteiger partial charge >= 0.3 is 0 Å². The Morgan fingerprint density at radius 3 is 2.27 bits per heavy atom. The molecule has 4 amide bonds. The molecule has 152 valence electrons. The summed E-state index contributed by atoms with van der Waals surface area (Å²) in [5.41, 5.74) is 1.86. The lowest BCUT2D eigenvalue weighted by Crippen LogP contribution is -2.32. The summed E-state index contributed by atoms with van der Waals surface area (Å²) in [6.07, 6.45) is 0.536. The van der Waals surface area contributed by atoms with Crippen molar-refractivity contribution in [2.45, 2.75) is 12.8 Å². The largest absolute Gasteiger partial charge is 0.355 e. The Labute approximate surface area is 174 Å². The maximum Gasteiger partial charge on any atom is 0.261 e. The van der Waals surface area contributed by atoms with Crippen molar-refractivity contribution in [2.24, 2.45) is 0 Å². The van der Waals surface area contributed by atoms with Gasteiger partial charge in [-0.1, -0.05) is 36.1 Å². The Hall–Kier alpha value is -3.92.